The number of nitrogens with zero attached hydrogens (tertiary/aromatic N) is 3. The van der Waals surface area contributed by atoms with E-state index in [1.54, 1.807) is 6.08 Å². The predicted octanol–water partition coefficient (Wildman–Crippen LogP) is 3.07. The third kappa shape index (κ3) is 4.21. The number of hydrogen-bond acceptors (Lipinski definition) is 4. The fourth-order valence-corrected chi connectivity index (χ4v) is 2.82. The molecule has 0 bridgehead atoms. The summed E-state index contributed by atoms with van der Waals surface area (Å²) in [6.45, 7) is 8.42. The van der Waals surface area contributed by atoms with E-state index < -0.39 is 0 Å². The molecule has 0 atom stereocenters. The van der Waals surface area contributed by atoms with Crippen molar-refractivity contribution >= 4 is 23.4 Å². The molecule has 1 heterocycles. The average molecular weight is 316 g/mol. The molecule has 1 N–H and O–H groups in total. The Kier molecular flexibility index (Phi) is 5.77. The maximum Gasteiger partial charge on any atom is 0.234 e. The van der Waals surface area contributed by atoms with Crippen LogP contribution in [-0.4, -0.2) is 26.4 Å². The van der Waals surface area contributed by atoms with Gasteiger partial charge in [-0.2, -0.15) is 0 Å². The highest BCUT2D eigenvalue weighted by Gasteiger charge is 2.12. The van der Waals surface area contributed by atoms with E-state index in [-0.39, 0.29) is 5.91 Å². The summed E-state index contributed by atoms with van der Waals surface area (Å²) in [7, 11) is 0. The van der Waals surface area contributed by atoms with Gasteiger partial charge in [0.15, 0.2) is 5.16 Å². The van der Waals surface area contributed by atoms with Crippen LogP contribution in [0.2, 0.25) is 0 Å². The number of allylic oxidation sites excluding steroid dienone is 1. The van der Waals surface area contributed by atoms with Crippen molar-refractivity contribution in [1.82, 2.24) is 14.8 Å². The number of aryl methyl sites for hydroxylation is 2. The minimum Gasteiger partial charge on any atom is -0.325 e. The van der Waals surface area contributed by atoms with Crippen molar-refractivity contribution in [2.75, 3.05) is 11.1 Å². The van der Waals surface area contributed by atoms with Crippen LogP contribution >= 0.6 is 11.8 Å². The zero-order valence-corrected chi connectivity index (χ0v) is 13.7. The number of thioether (sulfide) groups is 1. The summed E-state index contributed by atoms with van der Waals surface area (Å²) in [5, 5.41) is 11.9. The minimum absolute atomic E-state index is 0.0539. The van der Waals surface area contributed by atoms with Crippen molar-refractivity contribution in [3.8, 4) is 0 Å². The third-order valence-corrected chi connectivity index (χ3v) is 4.02. The SMILES string of the molecule is C=CCn1c(CC)nnc1SCC(=O)Nc1cccc(C)c1. The second-order valence-corrected chi connectivity index (χ2v) is 5.80. The zero-order valence-electron chi connectivity index (χ0n) is 12.9. The van der Waals surface area contributed by atoms with Gasteiger partial charge in [-0.15, -0.1) is 16.8 Å². The van der Waals surface area contributed by atoms with E-state index in [1.807, 2.05) is 42.7 Å². The van der Waals surface area contributed by atoms with Crippen molar-refractivity contribution < 1.29 is 4.79 Å². The molecule has 1 amide bonds. The van der Waals surface area contributed by atoms with Crippen LogP contribution in [0.15, 0.2) is 42.1 Å². The number of carbonyl (C=O) groups excluding carboxylic acids is 1. The highest BCUT2D eigenvalue weighted by molar-refractivity contribution is 7.99. The molecule has 5 nitrogen and oxygen atoms in total. The van der Waals surface area contributed by atoms with E-state index in [9.17, 15) is 4.79 Å². The fourth-order valence-electron chi connectivity index (χ4n) is 2.05. The molecule has 2 aromatic rings. The Morgan fingerprint density at radius 3 is 2.95 bits per heavy atom. The van der Waals surface area contributed by atoms with E-state index in [4.69, 9.17) is 0 Å². The smallest absolute Gasteiger partial charge is 0.234 e. The molecular weight excluding hydrogens is 296 g/mol. The minimum atomic E-state index is -0.0539. The summed E-state index contributed by atoms with van der Waals surface area (Å²) in [5.74, 6) is 1.15. The second-order valence-electron chi connectivity index (χ2n) is 4.86. The molecule has 2 rings (SSSR count). The van der Waals surface area contributed by atoms with E-state index in [2.05, 4.69) is 22.1 Å². The Bertz CT molecular complexity index is 666. The van der Waals surface area contributed by atoms with Gasteiger partial charge in [0.25, 0.3) is 0 Å². The molecule has 6 heteroatoms. The molecule has 0 saturated carbocycles. The topological polar surface area (TPSA) is 59.8 Å². The molecule has 0 fully saturated rings. The number of benzene rings is 1. The van der Waals surface area contributed by atoms with Gasteiger partial charge in [-0.3, -0.25) is 4.79 Å². The highest BCUT2D eigenvalue weighted by Crippen LogP contribution is 2.18. The van der Waals surface area contributed by atoms with E-state index >= 15 is 0 Å². The van der Waals surface area contributed by atoms with Gasteiger partial charge in [0.1, 0.15) is 5.82 Å². The van der Waals surface area contributed by atoms with Crippen LogP contribution in [0.1, 0.15) is 18.3 Å². The first-order valence-corrected chi connectivity index (χ1v) is 8.15. The molecule has 116 valence electrons. The summed E-state index contributed by atoms with van der Waals surface area (Å²) in [4.78, 5) is 12.0. The van der Waals surface area contributed by atoms with Crippen molar-refractivity contribution in [2.45, 2.75) is 32.0 Å². The van der Waals surface area contributed by atoms with Gasteiger partial charge >= 0.3 is 0 Å². The Morgan fingerprint density at radius 1 is 1.45 bits per heavy atom. The lowest BCUT2D eigenvalue weighted by molar-refractivity contribution is -0.113. The molecule has 0 spiro atoms. The van der Waals surface area contributed by atoms with Gasteiger partial charge < -0.3 is 9.88 Å². The summed E-state index contributed by atoms with van der Waals surface area (Å²) in [6.07, 6.45) is 2.61. The standard InChI is InChI=1S/C16H20N4OS/c1-4-9-20-14(5-2)18-19-16(20)22-11-15(21)17-13-8-6-7-12(3)10-13/h4,6-8,10H,1,5,9,11H2,2-3H3,(H,17,21). The summed E-state index contributed by atoms with van der Waals surface area (Å²) in [6, 6.07) is 7.74. The summed E-state index contributed by atoms with van der Waals surface area (Å²) >= 11 is 1.38. The molecule has 0 aliphatic heterocycles. The van der Waals surface area contributed by atoms with Crippen molar-refractivity contribution in [3.63, 3.8) is 0 Å². The van der Waals surface area contributed by atoms with Gasteiger partial charge in [-0.1, -0.05) is 36.9 Å². The first-order chi connectivity index (χ1) is 10.6. The zero-order chi connectivity index (χ0) is 15.9. The lowest BCUT2D eigenvalue weighted by Gasteiger charge is -2.07. The van der Waals surface area contributed by atoms with Crippen LogP contribution in [-0.2, 0) is 17.8 Å². The predicted molar refractivity (Wildman–Crippen MR) is 90.1 cm³/mol. The van der Waals surface area contributed by atoms with Gasteiger partial charge in [-0.05, 0) is 24.6 Å². The fraction of sp³-hybridized carbons (Fsp3) is 0.312. The van der Waals surface area contributed by atoms with Crippen molar-refractivity contribution in [1.29, 1.82) is 0 Å². The lowest BCUT2D eigenvalue weighted by Crippen LogP contribution is -2.14. The Hall–Kier alpha value is -2.08. The molecule has 0 unspecified atom stereocenters. The Morgan fingerprint density at radius 2 is 2.27 bits per heavy atom. The molecule has 1 aromatic carbocycles. The molecule has 0 aliphatic rings. The van der Waals surface area contributed by atoms with Crippen LogP contribution in [0.25, 0.3) is 0 Å². The summed E-state index contributed by atoms with van der Waals surface area (Å²) < 4.78 is 1.98. The van der Waals surface area contributed by atoms with Crippen LogP contribution < -0.4 is 5.32 Å². The largest absolute Gasteiger partial charge is 0.325 e. The lowest BCUT2D eigenvalue weighted by atomic mass is 10.2. The maximum absolute atomic E-state index is 12.0. The molecule has 1 aromatic heterocycles. The molecule has 0 saturated heterocycles. The van der Waals surface area contributed by atoms with Crippen LogP contribution in [0.4, 0.5) is 5.69 Å². The van der Waals surface area contributed by atoms with Gasteiger partial charge in [0.05, 0.1) is 5.75 Å². The van der Waals surface area contributed by atoms with E-state index in [0.29, 0.717) is 12.3 Å². The number of rotatable bonds is 7. The first-order valence-electron chi connectivity index (χ1n) is 7.16. The normalized spacial score (nSPS) is 10.5. The van der Waals surface area contributed by atoms with Crippen LogP contribution in [0.5, 0.6) is 0 Å². The van der Waals surface area contributed by atoms with Crippen LogP contribution in [0.3, 0.4) is 0 Å². The van der Waals surface area contributed by atoms with Gasteiger partial charge in [0.2, 0.25) is 5.91 Å². The number of amides is 1. The summed E-state index contributed by atoms with van der Waals surface area (Å²) in [5.41, 5.74) is 1.93. The number of carbonyl (C=O) groups is 1. The molecule has 0 radical (unpaired) electrons. The monoisotopic (exact) mass is 316 g/mol. The quantitative estimate of drug-likeness (QED) is 0.630. The highest BCUT2D eigenvalue weighted by atomic mass is 32.2. The van der Waals surface area contributed by atoms with Gasteiger partial charge in [-0.25, -0.2) is 0 Å². The van der Waals surface area contributed by atoms with Crippen LogP contribution in [0, 0.1) is 6.92 Å². The Balaban J connectivity index is 1.96. The number of anilines is 1. The molecular formula is C16H20N4OS. The number of aromatic nitrogens is 3. The maximum atomic E-state index is 12.0. The average Bonchev–Trinajstić information content (AvgIpc) is 2.88. The number of nitrogens with one attached hydrogen (secondary N) is 1. The first kappa shape index (κ1) is 16.3. The van der Waals surface area contributed by atoms with Crippen molar-refractivity contribution in [3.05, 3.63) is 48.3 Å². The van der Waals surface area contributed by atoms with Crippen molar-refractivity contribution in [2.24, 2.45) is 0 Å². The Labute approximate surface area is 134 Å². The third-order valence-electron chi connectivity index (χ3n) is 3.06. The molecule has 22 heavy (non-hydrogen) atoms. The number of hydrogen-bond donors (Lipinski definition) is 1. The van der Waals surface area contributed by atoms with E-state index in [1.165, 1.54) is 11.8 Å². The molecule has 0 aliphatic carbocycles. The van der Waals surface area contributed by atoms with E-state index in [0.717, 1.165) is 28.7 Å². The van der Waals surface area contributed by atoms with Gasteiger partial charge in [0, 0.05) is 18.7 Å². The second kappa shape index (κ2) is 7.79.